The quantitative estimate of drug-likeness (QED) is 0.845. The number of nitrogens with two attached hydrogens (primary N) is 1. The first-order valence-electron chi connectivity index (χ1n) is 6.49. The van der Waals surface area contributed by atoms with Crippen LogP contribution in [0.25, 0.3) is 0 Å². The average Bonchev–Trinajstić information content (AvgIpc) is 2.42. The molecule has 0 radical (unpaired) electrons. The highest BCUT2D eigenvalue weighted by atomic mass is 19.4. The zero-order valence-electron chi connectivity index (χ0n) is 11.3. The summed E-state index contributed by atoms with van der Waals surface area (Å²) in [4.78, 5) is 11.6. The third-order valence-electron chi connectivity index (χ3n) is 3.16. The Hall–Kier alpha value is -1.56. The van der Waals surface area contributed by atoms with Crippen LogP contribution in [-0.2, 0) is 17.5 Å². The third kappa shape index (κ3) is 5.21. The molecular formula is C14H19F3N2O. The normalized spacial score (nSPS) is 13.1. The lowest BCUT2D eigenvalue weighted by Crippen LogP contribution is -2.27. The zero-order chi connectivity index (χ0) is 15.2. The molecule has 0 aromatic heterocycles. The van der Waals surface area contributed by atoms with E-state index in [-0.39, 0.29) is 18.4 Å². The van der Waals surface area contributed by atoms with Crippen LogP contribution in [0.5, 0.6) is 0 Å². The van der Waals surface area contributed by atoms with Gasteiger partial charge < -0.3 is 11.1 Å². The lowest BCUT2D eigenvalue weighted by atomic mass is 10.0. The van der Waals surface area contributed by atoms with E-state index in [4.69, 9.17) is 5.73 Å². The summed E-state index contributed by atoms with van der Waals surface area (Å²) in [6.45, 7) is 2.63. The highest BCUT2D eigenvalue weighted by Crippen LogP contribution is 2.29. The van der Waals surface area contributed by atoms with Crippen molar-refractivity contribution in [3.8, 4) is 0 Å². The predicted octanol–water partition coefficient (Wildman–Crippen LogP) is 2.70. The number of carbonyl (C=O) groups excluding carboxylic acids is 1. The number of nitrogens with one attached hydrogen (secondary N) is 1. The predicted molar refractivity (Wildman–Crippen MR) is 70.7 cm³/mol. The Kier molecular flexibility index (Phi) is 6.01. The van der Waals surface area contributed by atoms with Crippen molar-refractivity contribution in [2.24, 2.45) is 11.7 Å². The molecule has 0 fully saturated rings. The molecule has 0 aliphatic carbocycles. The van der Waals surface area contributed by atoms with Crippen molar-refractivity contribution >= 4 is 5.91 Å². The first kappa shape index (κ1) is 16.5. The van der Waals surface area contributed by atoms with Gasteiger partial charge in [-0.1, -0.05) is 25.5 Å². The number of amides is 1. The second-order valence-corrected chi connectivity index (χ2v) is 4.69. The molecule has 0 bridgehead atoms. The molecule has 6 heteroatoms. The van der Waals surface area contributed by atoms with Gasteiger partial charge in [0.2, 0.25) is 5.91 Å². The van der Waals surface area contributed by atoms with Crippen LogP contribution in [0.2, 0.25) is 0 Å². The monoisotopic (exact) mass is 288 g/mol. The lowest BCUT2D eigenvalue weighted by Gasteiger charge is -2.12. The van der Waals surface area contributed by atoms with Crippen LogP contribution < -0.4 is 11.1 Å². The Bertz CT molecular complexity index is 425. The molecule has 1 atom stereocenters. The molecule has 3 N–H and O–H groups in total. The third-order valence-corrected chi connectivity index (χ3v) is 3.16. The lowest BCUT2D eigenvalue weighted by molar-refractivity contribution is -0.137. The molecule has 0 aliphatic heterocycles. The van der Waals surface area contributed by atoms with Crippen molar-refractivity contribution < 1.29 is 18.0 Å². The maximum atomic E-state index is 12.4. The Morgan fingerprint density at radius 2 is 1.90 bits per heavy atom. The van der Waals surface area contributed by atoms with Crippen LogP contribution in [-0.4, -0.2) is 12.5 Å². The standard InChI is InChI=1S/C14H19F3N2O/c1-2-10(8-18)7-13(20)19-9-11-3-5-12(6-4-11)14(15,16)17/h3-6,10H,2,7-9,18H2,1H3,(H,19,20). The Morgan fingerprint density at radius 3 is 2.35 bits per heavy atom. The van der Waals surface area contributed by atoms with Crippen molar-refractivity contribution in [1.82, 2.24) is 5.32 Å². The summed E-state index contributed by atoms with van der Waals surface area (Å²) < 4.78 is 37.1. The molecule has 1 aromatic carbocycles. The number of carbonyl (C=O) groups is 1. The molecule has 1 unspecified atom stereocenters. The SMILES string of the molecule is CCC(CN)CC(=O)NCc1ccc(C(F)(F)F)cc1. The summed E-state index contributed by atoms with van der Waals surface area (Å²) in [5.41, 5.74) is 5.45. The minimum Gasteiger partial charge on any atom is -0.352 e. The van der Waals surface area contributed by atoms with E-state index < -0.39 is 11.7 Å². The van der Waals surface area contributed by atoms with Crippen LogP contribution in [0.1, 0.15) is 30.9 Å². The average molecular weight is 288 g/mol. The number of hydrogen-bond donors (Lipinski definition) is 2. The number of hydrogen-bond acceptors (Lipinski definition) is 2. The van der Waals surface area contributed by atoms with Gasteiger partial charge in [0.15, 0.2) is 0 Å². The van der Waals surface area contributed by atoms with Crippen molar-refractivity contribution in [2.45, 2.75) is 32.5 Å². The summed E-state index contributed by atoms with van der Waals surface area (Å²) >= 11 is 0. The maximum absolute atomic E-state index is 12.4. The molecule has 112 valence electrons. The van der Waals surface area contributed by atoms with E-state index in [0.29, 0.717) is 18.5 Å². The van der Waals surface area contributed by atoms with Crippen molar-refractivity contribution in [3.63, 3.8) is 0 Å². The molecule has 1 amide bonds. The van der Waals surface area contributed by atoms with Gasteiger partial charge in [-0.15, -0.1) is 0 Å². The van der Waals surface area contributed by atoms with E-state index in [9.17, 15) is 18.0 Å². The second-order valence-electron chi connectivity index (χ2n) is 4.69. The van der Waals surface area contributed by atoms with Gasteiger partial charge in [-0.2, -0.15) is 13.2 Å². The van der Waals surface area contributed by atoms with E-state index in [1.165, 1.54) is 12.1 Å². The fourth-order valence-electron chi connectivity index (χ4n) is 1.74. The van der Waals surface area contributed by atoms with Crippen molar-refractivity contribution in [3.05, 3.63) is 35.4 Å². The van der Waals surface area contributed by atoms with Crippen LogP contribution in [0.4, 0.5) is 13.2 Å². The number of halogens is 3. The molecule has 0 saturated carbocycles. The maximum Gasteiger partial charge on any atom is 0.416 e. The molecule has 0 heterocycles. The fourth-order valence-corrected chi connectivity index (χ4v) is 1.74. The number of benzene rings is 1. The van der Waals surface area contributed by atoms with Gasteiger partial charge in [0, 0.05) is 13.0 Å². The van der Waals surface area contributed by atoms with E-state index in [0.717, 1.165) is 18.6 Å². The Labute approximate surface area is 116 Å². The molecule has 1 rings (SSSR count). The Morgan fingerprint density at radius 1 is 1.30 bits per heavy atom. The molecule has 1 aromatic rings. The van der Waals surface area contributed by atoms with Gasteiger partial charge in [-0.05, 0) is 30.2 Å². The van der Waals surface area contributed by atoms with Crippen LogP contribution in [0.3, 0.4) is 0 Å². The van der Waals surface area contributed by atoms with E-state index in [2.05, 4.69) is 5.32 Å². The molecule has 0 saturated heterocycles. The highest BCUT2D eigenvalue weighted by Gasteiger charge is 2.29. The van der Waals surface area contributed by atoms with Gasteiger partial charge in [-0.3, -0.25) is 4.79 Å². The molecule has 20 heavy (non-hydrogen) atoms. The Balaban J connectivity index is 2.48. The summed E-state index contributed by atoms with van der Waals surface area (Å²) in [6.07, 6.45) is -3.17. The van der Waals surface area contributed by atoms with Gasteiger partial charge in [0.1, 0.15) is 0 Å². The largest absolute Gasteiger partial charge is 0.416 e. The van der Waals surface area contributed by atoms with E-state index in [1.54, 1.807) is 0 Å². The van der Waals surface area contributed by atoms with Crippen molar-refractivity contribution in [1.29, 1.82) is 0 Å². The topological polar surface area (TPSA) is 55.1 Å². The summed E-state index contributed by atoms with van der Waals surface area (Å²) in [6, 6.07) is 4.75. The van der Waals surface area contributed by atoms with Gasteiger partial charge in [0.25, 0.3) is 0 Å². The fraction of sp³-hybridized carbons (Fsp3) is 0.500. The van der Waals surface area contributed by atoms with Crippen LogP contribution in [0, 0.1) is 5.92 Å². The molecule has 0 aliphatic rings. The van der Waals surface area contributed by atoms with Crippen LogP contribution in [0.15, 0.2) is 24.3 Å². The number of alkyl halides is 3. The smallest absolute Gasteiger partial charge is 0.352 e. The minimum atomic E-state index is -4.34. The minimum absolute atomic E-state index is 0.137. The van der Waals surface area contributed by atoms with Crippen LogP contribution >= 0.6 is 0 Å². The van der Waals surface area contributed by atoms with E-state index in [1.807, 2.05) is 6.92 Å². The number of rotatable bonds is 6. The van der Waals surface area contributed by atoms with Crippen molar-refractivity contribution in [2.75, 3.05) is 6.54 Å². The first-order chi connectivity index (χ1) is 9.36. The van der Waals surface area contributed by atoms with E-state index >= 15 is 0 Å². The van der Waals surface area contributed by atoms with Gasteiger partial charge in [0.05, 0.1) is 5.56 Å². The van der Waals surface area contributed by atoms with Gasteiger partial charge >= 0.3 is 6.18 Å². The molecule has 0 spiro atoms. The van der Waals surface area contributed by atoms with Gasteiger partial charge in [-0.25, -0.2) is 0 Å². The second kappa shape index (κ2) is 7.28. The molecule has 3 nitrogen and oxygen atoms in total. The summed E-state index contributed by atoms with van der Waals surface area (Å²) in [5.74, 6) is 0.00445. The summed E-state index contributed by atoms with van der Waals surface area (Å²) in [7, 11) is 0. The summed E-state index contributed by atoms with van der Waals surface area (Å²) in [5, 5.41) is 2.68. The zero-order valence-corrected chi connectivity index (χ0v) is 11.3. The first-order valence-corrected chi connectivity index (χ1v) is 6.49. The highest BCUT2D eigenvalue weighted by molar-refractivity contribution is 5.76. The molecular weight excluding hydrogens is 269 g/mol.